The lowest BCUT2D eigenvalue weighted by Gasteiger charge is -2.05. The predicted octanol–water partition coefficient (Wildman–Crippen LogP) is 2.80. The average molecular weight is 210 g/mol. The van der Waals surface area contributed by atoms with Crippen molar-refractivity contribution in [1.82, 2.24) is 9.97 Å². The fraction of sp³-hybridized carbons (Fsp3) is 0.0769. The van der Waals surface area contributed by atoms with E-state index in [9.17, 15) is 5.11 Å². The molecule has 3 rings (SSSR count). The number of hydrogen-bond donors (Lipinski definition) is 1. The molecule has 3 nitrogen and oxygen atoms in total. The standard InChI is InChI=1S/C13H10N2O/c1-8-13-11(3-2-6-14-13)10-5-4-9(16)7-12(10)15-8/h2-7,16H,1H3. The first-order valence-corrected chi connectivity index (χ1v) is 5.10. The number of fused-ring (bicyclic) bond motifs is 3. The Balaban J connectivity index is 2.59. The molecule has 0 amide bonds. The van der Waals surface area contributed by atoms with Gasteiger partial charge < -0.3 is 5.11 Å². The molecule has 16 heavy (non-hydrogen) atoms. The van der Waals surface area contributed by atoms with Crippen molar-refractivity contribution in [3.05, 3.63) is 42.2 Å². The van der Waals surface area contributed by atoms with Crippen molar-refractivity contribution in [2.45, 2.75) is 6.92 Å². The minimum Gasteiger partial charge on any atom is -0.508 e. The minimum atomic E-state index is 0.239. The molecule has 1 aromatic carbocycles. The van der Waals surface area contributed by atoms with Gasteiger partial charge in [-0.15, -0.1) is 0 Å². The lowest BCUT2D eigenvalue weighted by molar-refractivity contribution is 0.476. The number of aryl methyl sites for hydroxylation is 1. The van der Waals surface area contributed by atoms with E-state index in [-0.39, 0.29) is 5.75 Å². The molecule has 3 aromatic rings. The quantitative estimate of drug-likeness (QED) is 0.580. The number of benzene rings is 1. The Hall–Kier alpha value is -2.16. The van der Waals surface area contributed by atoms with E-state index in [1.807, 2.05) is 25.1 Å². The zero-order valence-corrected chi connectivity index (χ0v) is 8.81. The van der Waals surface area contributed by atoms with Gasteiger partial charge in [0.2, 0.25) is 0 Å². The van der Waals surface area contributed by atoms with Crippen LogP contribution >= 0.6 is 0 Å². The summed E-state index contributed by atoms with van der Waals surface area (Å²) < 4.78 is 0. The van der Waals surface area contributed by atoms with Crippen LogP contribution in [0.1, 0.15) is 5.69 Å². The zero-order chi connectivity index (χ0) is 11.1. The Bertz CT molecular complexity index is 692. The van der Waals surface area contributed by atoms with Crippen LogP contribution in [0.4, 0.5) is 0 Å². The Morgan fingerprint density at radius 1 is 1.12 bits per heavy atom. The van der Waals surface area contributed by atoms with Crippen LogP contribution in [0.15, 0.2) is 36.5 Å². The summed E-state index contributed by atoms with van der Waals surface area (Å²) in [5.74, 6) is 0.239. The van der Waals surface area contributed by atoms with Gasteiger partial charge >= 0.3 is 0 Å². The second-order valence-electron chi connectivity index (χ2n) is 3.80. The topological polar surface area (TPSA) is 46.0 Å². The fourth-order valence-corrected chi connectivity index (χ4v) is 1.98. The van der Waals surface area contributed by atoms with Gasteiger partial charge in [-0.1, -0.05) is 6.07 Å². The fourth-order valence-electron chi connectivity index (χ4n) is 1.98. The van der Waals surface area contributed by atoms with E-state index in [2.05, 4.69) is 9.97 Å². The highest BCUT2D eigenvalue weighted by molar-refractivity contribution is 6.05. The van der Waals surface area contributed by atoms with E-state index < -0.39 is 0 Å². The van der Waals surface area contributed by atoms with Gasteiger partial charge in [0, 0.05) is 23.0 Å². The van der Waals surface area contributed by atoms with E-state index in [0.717, 1.165) is 27.5 Å². The van der Waals surface area contributed by atoms with Gasteiger partial charge in [-0.05, 0) is 25.1 Å². The molecule has 0 unspecified atom stereocenters. The van der Waals surface area contributed by atoms with Crippen molar-refractivity contribution in [3.63, 3.8) is 0 Å². The molecule has 0 saturated heterocycles. The SMILES string of the molecule is Cc1nc2cc(O)ccc2c2cccnc12. The van der Waals surface area contributed by atoms with E-state index in [4.69, 9.17) is 0 Å². The number of rotatable bonds is 0. The van der Waals surface area contributed by atoms with Crippen LogP contribution < -0.4 is 0 Å². The molecule has 2 aromatic heterocycles. The predicted molar refractivity (Wildman–Crippen MR) is 63.4 cm³/mol. The van der Waals surface area contributed by atoms with Crippen molar-refractivity contribution in [2.75, 3.05) is 0 Å². The highest BCUT2D eigenvalue weighted by Crippen LogP contribution is 2.26. The summed E-state index contributed by atoms with van der Waals surface area (Å²) in [6.45, 7) is 1.93. The summed E-state index contributed by atoms with van der Waals surface area (Å²) in [7, 11) is 0. The first kappa shape index (κ1) is 9.09. The molecule has 0 aliphatic rings. The molecule has 78 valence electrons. The third-order valence-corrected chi connectivity index (χ3v) is 2.71. The molecule has 3 heteroatoms. The Morgan fingerprint density at radius 3 is 2.88 bits per heavy atom. The Labute approximate surface area is 92.4 Å². The molecule has 0 saturated carbocycles. The maximum atomic E-state index is 9.44. The average Bonchev–Trinajstić information content (AvgIpc) is 2.29. The smallest absolute Gasteiger partial charge is 0.117 e. The summed E-state index contributed by atoms with van der Waals surface area (Å²) in [5.41, 5.74) is 2.60. The molecular weight excluding hydrogens is 200 g/mol. The molecule has 0 fully saturated rings. The van der Waals surface area contributed by atoms with Gasteiger partial charge in [-0.3, -0.25) is 9.97 Å². The molecule has 1 N–H and O–H groups in total. The second kappa shape index (κ2) is 3.17. The van der Waals surface area contributed by atoms with Gasteiger partial charge in [-0.25, -0.2) is 0 Å². The maximum absolute atomic E-state index is 9.44. The van der Waals surface area contributed by atoms with Crippen molar-refractivity contribution in [1.29, 1.82) is 0 Å². The third-order valence-electron chi connectivity index (χ3n) is 2.71. The van der Waals surface area contributed by atoms with Gasteiger partial charge in [0.05, 0.1) is 16.7 Å². The molecule has 0 atom stereocenters. The van der Waals surface area contributed by atoms with Crippen molar-refractivity contribution in [2.24, 2.45) is 0 Å². The first-order valence-electron chi connectivity index (χ1n) is 5.10. The van der Waals surface area contributed by atoms with E-state index in [1.54, 1.807) is 18.3 Å². The molecular formula is C13H10N2O. The Morgan fingerprint density at radius 2 is 2.00 bits per heavy atom. The number of phenolic OH excluding ortho intramolecular Hbond substituents is 1. The van der Waals surface area contributed by atoms with Gasteiger partial charge in [0.25, 0.3) is 0 Å². The number of phenols is 1. The number of hydrogen-bond acceptors (Lipinski definition) is 3. The summed E-state index contributed by atoms with van der Waals surface area (Å²) in [5, 5.41) is 11.5. The highest BCUT2D eigenvalue weighted by Gasteiger charge is 2.06. The zero-order valence-electron chi connectivity index (χ0n) is 8.81. The second-order valence-corrected chi connectivity index (χ2v) is 3.80. The number of pyridine rings is 2. The van der Waals surface area contributed by atoms with Gasteiger partial charge in [-0.2, -0.15) is 0 Å². The van der Waals surface area contributed by atoms with Crippen molar-refractivity contribution >= 4 is 21.8 Å². The summed E-state index contributed by atoms with van der Waals surface area (Å²) in [4.78, 5) is 8.77. The first-order chi connectivity index (χ1) is 7.75. The van der Waals surface area contributed by atoms with Crippen molar-refractivity contribution in [3.8, 4) is 5.75 Å². The number of nitrogens with zero attached hydrogens (tertiary/aromatic N) is 2. The van der Waals surface area contributed by atoms with E-state index in [0.29, 0.717) is 0 Å². The number of aromatic nitrogens is 2. The van der Waals surface area contributed by atoms with Gasteiger partial charge in [0.1, 0.15) is 5.75 Å². The third kappa shape index (κ3) is 1.21. The van der Waals surface area contributed by atoms with E-state index >= 15 is 0 Å². The monoisotopic (exact) mass is 210 g/mol. The van der Waals surface area contributed by atoms with Gasteiger partial charge in [0.15, 0.2) is 0 Å². The lowest BCUT2D eigenvalue weighted by atomic mass is 10.1. The Kier molecular flexibility index (Phi) is 1.80. The summed E-state index contributed by atoms with van der Waals surface area (Å²) in [6, 6.07) is 9.16. The minimum absolute atomic E-state index is 0.239. The largest absolute Gasteiger partial charge is 0.508 e. The van der Waals surface area contributed by atoms with E-state index in [1.165, 1.54) is 0 Å². The van der Waals surface area contributed by atoms with Crippen LogP contribution in [0, 0.1) is 6.92 Å². The van der Waals surface area contributed by atoms with Crippen molar-refractivity contribution < 1.29 is 5.11 Å². The maximum Gasteiger partial charge on any atom is 0.117 e. The molecule has 0 radical (unpaired) electrons. The van der Waals surface area contributed by atoms with Crippen LogP contribution in [-0.2, 0) is 0 Å². The summed E-state index contributed by atoms with van der Waals surface area (Å²) in [6.07, 6.45) is 1.77. The van der Waals surface area contributed by atoms with Crippen LogP contribution in [0.25, 0.3) is 21.8 Å². The van der Waals surface area contributed by atoms with Crippen LogP contribution in [0.3, 0.4) is 0 Å². The highest BCUT2D eigenvalue weighted by atomic mass is 16.3. The molecule has 0 aliphatic heterocycles. The molecule has 0 spiro atoms. The summed E-state index contributed by atoms with van der Waals surface area (Å²) >= 11 is 0. The lowest BCUT2D eigenvalue weighted by Crippen LogP contribution is -1.89. The van der Waals surface area contributed by atoms with Crippen LogP contribution in [-0.4, -0.2) is 15.1 Å². The molecule has 0 bridgehead atoms. The van der Waals surface area contributed by atoms with Crippen LogP contribution in [0.5, 0.6) is 5.75 Å². The molecule has 0 aliphatic carbocycles. The molecule has 2 heterocycles. The normalized spacial score (nSPS) is 11.1. The number of aromatic hydroxyl groups is 1. The van der Waals surface area contributed by atoms with Crippen LogP contribution in [0.2, 0.25) is 0 Å².